The maximum Gasteiger partial charge on any atom is 0.182 e. The Morgan fingerprint density at radius 2 is 1.25 bits per heavy atom. The van der Waals surface area contributed by atoms with Crippen molar-refractivity contribution >= 4 is 5.78 Å². The Hall–Kier alpha value is -5.09. The van der Waals surface area contributed by atoms with E-state index in [-0.39, 0.29) is 57.6 Å². The molecule has 40 heavy (non-hydrogen) atoms. The molecule has 4 aromatic carbocycles. The zero-order valence-corrected chi connectivity index (χ0v) is 20.7. The third-order valence-electron chi connectivity index (χ3n) is 7.29. The van der Waals surface area contributed by atoms with E-state index in [1.807, 2.05) is 0 Å². The molecule has 6 rings (SSSR count). The quantitative estimate of drug-likeness (QED) is 0.199. The van der Waals surface area contributed by atoms with Gasteiger partial charge in [-0.25, -0.2) is 0 Å². The van der Waals surface area contributed by atoms with Crippen LogP contribution in [-0.4, -0.2) is 47.6 Å². The number of carbonyl (C=O) groups excluding carboxylic acids is 1. The molecular weight excluding hydrogens is 520 g/mol. The van der Waals surface area contributed by atoms with E-state index in [1.165, 1.54) is 42.5 Å². The molecule has 2 aliphatic rings. The van der Waals surface area contributed by atoms with Crippen LogP contribution in [0.3, 0.4) is 0 Å². The van der Waals surface area contributed by atoms with Gasteiger partial charge in [0.1, 0.15) is 63.8 Å². The molecule has 2 heterocycles. The molecule has 0 saturated heterocycles. The van der Waals surface area contributed by atoms with Crippen LogP contribution in [0, 0.1) is 0 Å². The van der Waals surface area contributed by atoms with Gasteiger partial charge in [-0.2, -0.15) is 0 Å². The summed E-state index contributed by atoms with van der Waals surface area (Å²) in [6.07, 6.45) is -3.29. The van der Waals surface area contributed by atoms with Crippen LogP contribution in [0.2, 0.25) is 0 Å². The fraction of sp³-hybridized carbons (Fsp3) is 0.167. The molecule has 0 aliphatic carbocycles. The highest BCUT2D eigenvalue weighted by atomic mass is 16.5. The zero-order chi connectivity index (χ0) is 28.3. The number of ether oxygens (including phenoxy) is 2. The number of phenols is 6. The Morgan fingerprint density at radius 1 is 0.650 bits per heavy atom. The maximum absolute atomic E-state index is 14.1. The van der Waals surface area contributed by atoms with Crippen LogP contribution in [-0.2, 0) is 6.42 Å². The molecule has 7 N–H and O–H groups in total. The van der Waals surface area contributed by atoms with Gasteiger partial charge < -0.3 is 45.2 Å². The molecule has 4 aromatic rings. The zero-order valence-electron chi connectivity index (χ0n) is 20.7. The lowest BCUT2D eigenvalue weighted by Gasteiger charge is -2.37. The summed E-state index contributed by atoms with van der Waals surface area (Å²) >= 11 is 0. The second kappa shape index (κ2) is 9.28. The minimum absolute atomic E-state index is 0.0108. The van der Waals surface area contributed by atoms with Gasteiger partial charge in [-0.15, -0.1) is 0 Å². The van der Waals surface area contributed by atoms with Crippen LogP contribution >= 0.6 is 0 Å². The number of benzene rings is 4. The third kappa shape index (κ3) is 4.05. The van der Waals surface area contributed by atoms with E-state index >= 15 is 0 Å². The summed E-state index contributed by atoms with van der Waals surface area (Å²) < 4.78 is 12.4. The van der Waals surface area contributed by atoms with E-state index in [2.05, 4.69) is 0 Å². The highest BCUT2D eigenvalue weighted by Gasteiger charge is 2.46. The molecule has 0 unspecified atom stereocenters. The number of ketones is 1. The molecule has 0 radical (unpaired) electrons. The highest BCUT2D eigenvalue weighted by Crippen LogP contribution is 2.55. The standard InChI is InChI=1S/C30H24O10/c31-15-5-1-13(2-6-15)28-22(37)11-18-19(34)12-21(36)25(30(18)40-28)26-27(38)24-20(35)9-17(33)10-23(24)39-29(26)14-3-7-16(32)8-4-14/h1-10,12,22,26,28-29,31-37H,11H2/t22-,26-,28+,29+/m1/s1. The van der Waals surface area contributed by atoms with Gasteiger partial charge in [-0.1, -0.05) is 24.3 Å². The summed E-state index contributed by atoms with van der Waals surface area (Å²) in [4.78, 5) is 14.1. The van der Waals surface area contributed by atoms with Crippen molar-refractivity contribution in [3.8, 4) is 46.0 Å². The average Bonchev–Trinajstić information content (AvgIpc) is 2.90. The summed E-state index contributed by atoms with van der Waals surface area (Å²) in [5, 5.41) is 72.9. The predicted molar refractivity (Wildman–Crippen MR) is 139 cm³/mol. The van der Waals surface area contributed by atoms with Crippen LogP contribution in [0.5, 0.6) is 46.0 Å². The van der Waals surface area contributed by atoms with Crippen molar-refractivity contribution in [3.05, 3.63) is 94.5 Å². The van der Waals surface area contributed by atoms with Crippen molar-refractivity contribution < 1.29 is 50.0 Å². The van der Waals surface area contributed by atoms with Crippen molar-refractivity contribution in [1.29, 1.82) is 0 Å². The van der Waals surface area contributed by atoms with Crippen molar-refractivity contribution in [2.45, 2.75) is 30.7 Å². The number of hydrogen-bond acceptors (Lipinski definition) is 10. The van der Waals surface area contributed by atoms with Gasteiger partial charge in [0.15, 0.2) is 5.78 Å². The molecule has 10 nitrogen and oxygen atoms in total. The second-order valence-corrected chi connectivity index (χ2v) is 9.85. The van der Waals surface area contributed by atoms with E-state index in [1.54, 1.807) is 12.1 Å². The monoisotopic (exact) mass is 544 g/mol. The normalized spacial score (nSPS) is 21.6. The molecule has 0 spiro atoms. The first-order chi connectivity index (χ1) is 19.1. The highest BCUT2D eigenvalue weighted by molar-refractivity contribution is 6.07. The lowest BCUT2D eigenvalue weighted by atomic mass is 9.78. The summed E-state index contributed by atoms with van der Waals surface area (Å²) in [6, 6.07) is 15.1. The van der Waals surface area contributed by atoms with Crippen molar-refractivity contribution in [3.63, 3.8) is 0 Å². The summed E-state index contributed by atoms with van der Waals surface area (Å²) in [6.45, 7) is 0. The molecule has 0 bridgehead atoms. The third-order valence-corrected chi connectivity index (χ3v) is 7.29. The van der Waals surface area contributed by atoms with Crippen LogP contribution in [0.25, 0.3) is 0 Å². The topological polar surface area (TPSA) is 177 Å². The van der Waals surface area contributed by atoms with E-state index in [0.717, 1.165) is 12.1 Å². The van der Waals surface area contributed by atoms with Crippen LogP contribution in [0.15, 0.2) is 66.7 Å². The largest absolute Gasteiger partial charge is 0.508 e. The molecule has 0 saturated carbocycles. The number of phenolic OH excluding ortho intramolecular Hbond substituents is 6. The smallest absolute Gasteiger partial charge is 0.182 e. The minimum Gasteiger partial charge on any atom is -0.508 e. The minimum atomic E-state index is -1.32. The molecular formula is C30H24O10. The van der Waals surface area contributed by atoms with Gasteiger partial charge >= 0.3 is 0 Å². The predicted octanol–water partition coefficient (Wildman–Crippen LogP) is 4.06. The van der Waals surface area contributed by atoms with E-state index in [0.29, 0.717) is 11.1 Å². The summed E-state index contributed by atoms with van der Waals surface area (Å²) in [5.41, 5.74) is 0.837. The Bertz CT molecular complexity index is 1630. The van der Waals surface area contributed by atoms with Gasteiger partial charge in [0, 0.05) is 30.2 Å². The molecule has 0 fully saturated rings. The first-order valence-electron chi connectivity index (χ1n) is 12.4. The van der Waals surface area contributed by atoms with Crippen LogP contribution in [0.1, 0.15) is 50.7 Å². The van der Waals surface area contributed by atoms with E-state index in [9.17, 15) is 40.5 Å². The fourth-order valence-corrected chi connectivity index (χ4v) is 5.43. The van der Waals surface area contributed by atoms with Crippen molar-refractivity contribution in [2.24, 2.45) is 0 Å². The Labute approximate surface area is 227 Å². The van der Waals surface area contributed by atoms with Crippen LogP contribution in [0.4, 0.5) is 0 Å². The number of aromatic hydroxyl groups is 6. The summed E-state index contributed by atoms with van der Waals surface area (Å²) in [7, 11) is 0. The number of aliphatic hydroxyl groups is 1. The van der Waals surface area contributed by atoms with E-state index in [4.69, 9.17) is 9.47 Å². The van der Waals surface area contributed by atoms with Gasteiger partial charge in [-0.3, -0.25) is 4.79 Å². The van der Waals surface area contributed by atoms with Gasteiger partial charge in [0.25, 0.3) is 0 Å². The molecule has 10 heteroatoms. The SMILES string of the molecule is O=C1c2c(O)cc(O)cc2O[C@@H](c2ccc(O)cc2)[C@@H]1c1c(O)cc(O)c2c1O[C@@H](c1ccc(O)cc1)[C@H](O)C2. The fourth-order valence-electron chi connectivity index (χ4n) is 5.43. The number of Topliss-reactive ketones (excluding diaryl/α,β-unsaturated/α-hetero) is 1. The molecule has 4 atom stereocenters. The van der Waals surface area contributed by atoms with Crippen molar-refractivity contribution in [1.82, 2.24) is 0 Å². The van der Waals surface area contributed by atoms with Gasteiger partial charge in [-0.05, 0) is 35.4 Å². The molecule has 0 aromatic heterocycles. The Balaban J connectivity index is 1.56. The molecule has 2 aliphatic heterocycles. The number of fused-ring (bicyclic) bond motifs is 2. The van der Waals surface area contributed by atoms with Gasteiger partial charge in [0.05, 0.1) is 17.6 Å². The molecule has 0 amide bonds. The number of rotatable bonds is 3. The lowest BCUT2D eigenvalue weighted by Crippen LogP contribution is -2.34. The van der Waals surface area contributed by atoms with E-state index < -0.39 is 41.5 Å². The Kier molecular flexibility index (Phi) is 5.85. The first kappa shape index (κ1) is 25.2. The summed E-state index contributed by atoms with van der Waals surface area (Å²) in [5.74, 6) is -3.80. The number of hydrogen-bond donors (Lipinski definition) is 7. The second-order valence-electron chi connectivity index (χ2n) is 9.85. The number of carbonyl (C=O) groups is 1. The van der Waals surface area contributed by atoms with Gasteiger partial charge in [0.2, 0.25) is 0 Å². The first-order valence-corrected chi connectivity index (χ1v) is 12.4. The number of aliphatic hydroxyl groups excluding tert-OH is 1. The Morgan fingerprint density at radius 3 is 1.88 bits per heavy atom. The lowest BCUT2D eigenvalue weighted by molar-refractivity contribution is 0.0179. The maximum atomic E-state index is 14.1. The van der Waals surface area contributed by atoms with Crippen LogP contribution < -0.4 is 9.47 Å². The average molecular weight is 545 g/mol. The molecule has 204 valence electrons. The van der Waals surface area contributed by atoms with Crippen molar-refractivity contribution in [2.75, 3.05) is 0 Å².